The average Bonchev–Trinajstić information content (AvgIpc) is 3.18. The Balaban J connectivity index is 1.47. The van der Waals surface area contributed by atoms with Crippen molar-refractivity contribution in [1.29, 1.82) is 0 Å². The highest BCUT2D eigenvalue weighted by Crippen LogP contribution is 2.31. The summed E-state index contributed by atoms with van der Waals surface area (Å²) in [5, 5.41) is 0.759. The molecule has 0 bridgehead atoms. The van der Waals surface area contributed by atoms with Gasteiger partial charge in [0.2, 0.25) is 5.91 Å². The molecule has 3 aromatic rings. The molecule has 0 N–H and O–H groups in total. The van der Waals surface area contributed by atoms with Gasteiger partial charge in [-0.15, -0.1) is 11.8 Å². The second-order valence-corrected chi connectivity index (χ2v) is 10.1. The maximum absolute atomic E-state index is 13.2. The number of fused-ring (bicyclic) bond motifs is 1. The summed E-state index contributed by atoms with van der Waals surface area (Å²) in [4.78, 5) is 23.2. The Labute approximate surface area is 196 Å². The van der Waals surface area contributed by atoms with E-state index in [0.717, 1.165) is 53.1 Å². The zero-order valence-electron chi connectivity index (χ0n) is 18.5. The van der Waals surface area contributed by atoms with E-state index in [1.807, 2.05) is 4.90 Å². The SMILES string of the molecule is Cc1cc2nc(N(CCN3CCOCC3)C(=O)CCSc3ccc(F)cc3)sc2cc1C. The number of morpholine rings is 1. The second-order valence-electron chi connectivity index (χ2n) is 7.95. The molecule has 5 nitrogen and oxygen atoms in total. The van der Waals surface area contributed by atoms with Crippen molar-refractivity contribution in [2.45, 2.75) is 25.2 Å². The van der Waals surface area contributed by atoms with Gasteiger partial charge in [-0.1, -0.05) is 11.3 Å². The summed E-state index contributed by atoms with van der Waals surface area (Å²) in [6, 6.07) is 10.6. The number of thiazole rings is 1. The summed E-state index contributed by atoms with van der Waals surface area (Å²) in [7, 11) is 0. The normalized spacial score (nSPS) is 14.7. The molecule has 0 spiro atoms. The number of anilines is 1. The predicted molar refractivity (Wildman–Crippen MR) is 130 cm³/mol. The number of rotatable bonds is 8. The molecule has 4 rings (SSSR count). The molecule has 2 heterocycles. The molecule has 1 aromatic heterocycles. The molecular weight excluding hydrogens is 445 g/mol. The zero-order chi connectivity index (χ0) is 22.5. The van der Waals surface area contributed by atoms with E-state index in [1.54, 1.807) is 35.2 Å². The molecule has 0 radical (unpaired) electrons. The third-order valence-corrected chi connectivity index (χ3v) is 7.72. The Kier molecular flexibility index (Phi) is 7.78. The Morgan fingerprint density at radius 1 is 1.19 bits per heavy atom. The van der Waals surface area contributed by atoms with Crippen LogP contribution in [0.3, 0.4) is 0 Å². The third kappa shape index (κ3) is 5.86. The molecule has 0 atom stereocenters. The number of amides is 1. The van der Waals surface area contributed by atoms with Crippen LogP contribution in [0.25, 0.3) is 10.2 Å². The van der Waals surface area contributed by atoms with E-state index in [2.05, 4.69) is 30.9 Å². The van der Waals surface area contributed by atoms with Crippen molar-refractivity contribution >= 4 is 44.4 Å². The number of nitrogens with zero attached hydrogens (tertiary/aromatic N) is 3. The van der Waals surface area contributed by atoms with Crippen LogP contribution in [0.1, 0.15) is 17.5 Å². The van der Waals surface area contributed by atoms with Crippen LogP contribution in [0, 0.1) is 19.7 Å². The fraction of sp³-hybridized carbons (Fsp3) is 0.417. The molecule has 2 aromatic carbocycles. The maximum Gasteiger partial charge on any atom is 0.229 e. The smallest absolute Gasteiger partial charge is 0.229 e. The van der Waals surface area contributed by atoms with Gasteiger partial charge in [-0.3, -0.25) is 14.6 Å². The van der Waals surface area contributed by atoms with Crippen molar-refractivity contribution in [1.82, 2.24) is 9.88 Å². The lowest BCUT2D eigenvalue weighted by Gasteiger charge is -2.29. The molecule has 1 amide bonds. The van der Waals surface area contributed by atoms with Gasteiger partial charge in [0.25, 0.3) is 0 Å². The highest BCUT2D eigenvalue weighted by Gasteiger charge is 2.21. The minimum atomic E-state index is -0.249. The van der Waals surface area contributed by atoms with Gasteiger partial charge in [0.1, 0.15) is 5.82 Å². The van der Waals surface area contributed by atoms with Gasteiger partial charge < -0.3 is 4.74 Å². The molecule has 1 saturated heterocycles. The molecule has 0 saturated carbocycles. The number of aromatic nitrogens is 1. The Morgan fingerprint density at radius 2 is 1.91 bits per heavy atom. The number of carbonyl (C=O) groups is 1. The number of hydrogen-bond donors (Lipinski definition) is 0. The van der Waals surface area contributed by atoms with Crippen molar-refractivity contribution in [3.8, 4) is 0 Å². The van der Waals surface area contributed by atoms with E-state index in [4.69, 9.17) is 9.72 Å². The van der Waals surface area contributed by atoms with Crippen LogP contribution in [-0.4, -0.2) is 60.9 Å². The molecule has 32 heavy (non-hydrogen) atoms. The lowest BCUT2D eigenvalue weighted by Crippen LogP contribution is -2.43. The number of ether oxygens (including phenoxy) is 1. The molecule has 0 aliphatic carbocycles. The molecule has 1 aliphatic heterocycles. The van der Waals surface area contributed by atoms with Crippen molar-refractivity contribution < 1.29 is 13.9 Å². The minimum Gasteiger partial charge on any atom is -0.379 e. The first kappa shape index (κ1) is 23.2. The van der Waals surface area contributed by atoms with Gasteiger partial charge in [-0.2, -0.15) is 0 Å². The Bertz CT molecular complexity index is 1030. The molecule has 170 valence electrons. The summed E-state index contributed by atoms with van der Waals surface area (Å²) < 4.78 is 19.7. The first-order valence-corrected chi connectivity index (χ1v) is 12.7. The van der Waals surface area contributed by atoms with Crippen molar-refractivity contribution in [3.63, 3.8) is 0 Å². The van der Waals surface area contributed by atoms with E-state index < -0.39 is 0 Å². The van der Waals surface area contributed by atoms with Gasteiger partial charge in [0.15, 0.2) is 5.13 Å². The Hall–Kier alpha value is -2.00. The molecule has 0 unspecified atom stereocenters. The summed E-state index contributed by atoms with van der Waals surface area (Å²) >= 11 is 3.14. The fourth-order valence-electron chi connectivity index (χ4n) is 3.60. The van der Waals surface area contributed by atoms with Crippen LogP contribution in [0.4, 0.5) is 9.52 Å². The van der Waals surface area contributed by atoms with Crippen LogP contribution >= 0.6 is 23.1 Å². The third-order valence-electron chi connectivity index (χ3n) is 5.67. The average molecular weight is 474 g/mol. The Morgan fingerprint density at radius 3 is 2.66 bits per heavy atom. The number of hydrogen-bond acceptors (Lipinski definition) is 6. The summed E-state index contributed by atoms with van der Waals surface area (Å²) in [6.07, 6.45) is 0.402. The maximum atomic E-state index is 13.2. The van der Waals surface area contributed by atoms with Crippen LogP contribution in [0.2, 0.25) is 0 Å². The second kappa shape index (κ2) is 10.7. The summed E-state index contributed by atoms with van der Waals surface area (Å²) in [6.45, 7) is 8.85. The zero-order valence-corrected chi connectivity index (χ0v) is 20.1. The van der Waals surface area contributed by atoms with Crippen LogP contribution in [0.5, 0.6) is 0 Å². The van der Waals surface area contributed by atoms with Gasteiger partial charge in [0, 0.05) is 43.2 Å². The monoisotopic (exact) mass is 473 g/mol. The lowest BCUT2D eigenvalue weighted by atomic mass is 10.1. The van der Waals surface area contributed by atoms with Crippen molar-refractivity contribution in [2.75, 3.05) is 50.0 Å². The van der Waals surface area contributed by atoms with Crippen molar-refractivity contribution in [3.05, 3.63) is 53.3 Å². The predicted octanol–water partition coefficient (Wildman–Crippen LogP) is 4.90. The quantitative estimate of drug-likeness (QED) is 0.436. The van der Waals surface area contributed by atoms with Gasteiger partial charge in [0.05, 0.1) is 23.4 Å². The first-order valence-electron chi connectivity index (χ1n) is 10.9. The summed E-state index contributed by atoms with van der Waals surface area (Å²) in [5.74, 6) is 0.461. The van der Waals surface area contributed by atoms with Gasteiger partial charge in [-0.05, 0) is 61.4 Å². The highest BCUT2D eigenvalue weighted by molar-refractivity contribution is 7.99. The summed E-state index contributed by atoms with van der Waals surface area (Å²) in [5.41, 5.74) is 3.38. The van der Waals surface area contributed by atoms with Gasteiger partial charge >= 0.3 is 0 Å². The van der Waals surface area contributed by atoms with E-state index >= 15 is 0 Å². The number of aryl methyl sites for hydroxylation is 2. The van der Waals surface area contributed by atoms with Gasteiger partial charge in [-0.25, -0.2) is 9.37 Å². The minimum absolute atomic E-state index is 0.0698. The molecular formula is C24H28FN3O2S2. The van der Waals surface area contributed by atoms with E-state index in [-0.39, 0.29) is 11.7 Å². The van der Waals surface area contributed by atoms with Crippen LogP contribution < -0.4 is 4.90 Å². The topological polar surface area (TPSA) is 45.7 Å². The van der Waals surface area contributed by atoms with E-state index in [0.29, 0.717) is 18.7 Å². The fourth-order valence-corrected chi connectivity index (χ4v) is 5.53. The largest absolute Gasteiger partial charge is 0.379 e. The standard InChI is InChI=1S/C24H28FN3O2S2/c1-17-15-21-22(16-18(17)2)32-24(26-21)28(9-8-27-10-12-30-13-11-27)23(29)7-14-31-20-5-3-19(25)4-6-20/h3-6,15-16H,7-14H2,1-2H3. The van der Waals surface area contributed by atoms with Crippen molar-refractivity contribution in [2.24, 2.45) is 0 Å². The number of halogens is 1. The van der Waals surface area contributed by atoms with Crippen LogP contribution in [0.15, 0.2) is 41.3 Å². The molecule has 1 fully saturated rings. The van der Waals surface area contributed by atoms with E-state index in [9.17, 15) is 9.18 Å². The highest BCUT2D eigenvalue weighted by atomic mass is 32.2. The first-order chi connectivity index (χ1) is 15.5. The molecule has 1 aliphatic rings. The number of benzene rings is 2. The lowest BCUT2D eigenvalue weighted by molar-refractivity contribution is -0.118. The molecule has 8 heteroatoms. The number of thioether (sulfide) groups is 1. The number of carbonyl (C=O) groups excluding carboxylic acids is 1. The van der Waals surface area contributed by atoms with Crippen LogP contribution in [-0.2, 0) is 9.53 Å². The van der Waals surface area contributed by atoms with E-state index in [1.165, 1.54) is 23.3 Å².